The van der Waals surface area contributed by atoms with E-state index in [2.05, 4.69) is 10.1 Å². The minimum Gasteiger partial charge on any atom is -0.469 e. The quantitative estimate of drug-likeness (QED) is 0.474. The number of amides is 1. The first-order chi connectivity index (χ1) is 12.2. The summed E-state index contributed by atoms with van der Waals surface area (Å²) in [6, 6.07) is 5.36. The molecule has 1 aromatic carbocycles. The number of carbonyl (C=O) groups excluding carboxylic acids is 3. The Kier molecular flexibility index (Phi) is 8.20. The molecule has 1 rings (SSSR count). The van der Waals surface area contributed by atoms with Gasteiger partial charge < -0.3 is 14.8 Å². The Bertz CT molecular complexity index is 760. The topological polar surface area (TPSA) is 119 Å². The maximum atomic E-state index is 12.1. The highest BCUT2D eigenvalue weighted by Crippen LogP contribution is 2.15. The number of methoxy groups -OCH3 is 1. The molecule has 0 aliphatic heterocycles. The van der Waals surface area contributed by atoms with E-state index in [-0.39, 0.29) is 29.4 Å². The van der Waals surface area contributed by atoms with Gasteiger partial charge in [0.1, 0.15) is 0 Å². The highest BCUT2D eigenvalue weighted by atomic mass is 32.2. The van der Waals surface area contributed by atoms with Crippen molar-refractivity contribution in [3.63, 3.8) is 0 Å². The van der Waals surface area contributed by atoms with E-state index in [0.29, 0.717) is 6.42 Å². The van der Waals surface area contributed by atoms with E-state index in [4.69, 9.17) is 4.74 Å². The van der Waals surface area contributed by atoms with Gasteiger partial charge in [-0.2, -0.15) is 0 Å². The van der Waals surface area contributed by atoms with Crippen LogP contribution in [-0.4, -0.2) is 64.9 Å². The zero-order chi connectivity index (χ0) is 19.7. The van der Waals surface area contributed by atoms with Crippen molar-refractivity contribution in [2.45, 2.75) is 17.7 Å². The number of benzene rings is 1. The monoisotopic (exact) mass is 386 g/mol. The summed E-state index contributed by atoms with van der Waals surface area (Å²) in [5, 5.41) is 2.49. The Morgan fingerprint density at radius 3 is 2.50 bits per heavy atom. The van der Waals surface area contributed by atoms with Crippen LogP contribution in [0.1, 0.15) is 23.2 Å². The van der Waals surface area contributed by atoms with Crippen LogP contribution in [0.4, 0.5) is 0 Å². The Labute approximate surface area is 152 Å². The molecule has 0 radical (unpaired) electrons. The molecule has 0 bridgehead atoms. The fraction of sp³-hybridized carbons (Fsp3) is 0.438. The van der Waals surface area contributed by atoms with Gasteiger partial charge in [0.05, 0.1) is 17.6 Å². The summed E-state index contributed by atoms with van der Waals surface area (Å²) in [5.74, 6) is -1.72. The second-order valence-corrected chi connectivity index (χ2v) is 7.57. The van der Waals surface area contributed by atoms with E-state index in [1.165, 1.54) is 45.5 Å². The Morgan fingerprint density at radius 2 is 1.88 bits per heavy atom. The maximum Gasteiger partial charge on any atom is 0.338 e. The molecule has 0 spiro atoms. The highest BCUT2D eigenvalue weighted by Gasteiger charge is 2.19. The molecule has 10 heteroatoms. The molecule has 1 amide bonds. The standard InChI is InChI=1S/C16H22N2O7S/c1-18(2)26(22,23)13-7-4-6-12(10-13)16(21)25-11-14(19)17-9-5-8-15(20)24-3/h4,6-7,10H,5,8-9,11H2,1-3H3,(H,17,19). The van der Waals surface area contributed by atoms with Crippen LogP contribution in [0.2, 0.25) is 0 Å². The van der Waals surface area contributed by atoms with Crippen LogP contribution in [0, 0.1) is 0 Å². The largest absolute Gasteiger partial charge is 0.469 e. The summed E-state index contributed by atoms with van der Waals surface area (Å²) < 4.78 is 34.5. The van der Waals surface area contributed by atoms with Crippen LogP contribution in [0.3, 0.4) is 0 Å². The Balaban J connectivity index is 2.53. The summed E-state index contributed by atoms with van der Waals surface area (Å²) in [4.78, 5) is 34.5. The van der Waals surface area contributed by atoms with Crippen LogP contribution in [-0.2, 0) is 29.1 Å². The summed E-state index contributed by atoms with van der Waals surface area (Å²) in [7, 11) is 0.357. The number of rotatable bonds is 9. The molecule has 0 aromatic heterocycles. The van der Waals surface area contributed by atoms with Crippen molar-refractivity contribution in [2.75, 3.05) is 34.4 Å². The second kappa shape index (κ2) is 9.88. The maximum absolute atomic E-state index is 12.1. The van der Waals surface area contributed by atoms with Crippen LogP contribution in [0.25, 0.3) is 0 Å². The molecule has 0 saturated heterocycles. The fourth-order valence-corrected chi connectivity index (χ4v) is 2.77. The van der Waals surface area contributed by atoms with Gasteiger partial charge in [-0.1, -0.05) is 6.07 Å². The van der Waals surface area contributed by atoms with Gasteiger partial charge in [0, 0.05) is 27.1 Å². The smallest absolute Gasteiger partial charge is 0.338 e. The molecule has 9 nitrogen and oxygen atoms in total. The number of carbonyl (C=O) groups is 3. The third-order valence-electron chi connectivity index (χ3n) is 3.29. The molecule has 0 saturated carbocycles. The second-order valence-electron chi connectivity index (χ2n) is 5.42. The van der Waals surface area contributed by atoms with Gasteiger partial charge in [0.15, 0.2) is 6.61 Å². The molecular weight excluding hydrogens is 364 g/mol. The Morgan fingerprint density at radius 1 is 1.19 bits per heavy atom. The zero-order valence-electron chi connectivity index (χ0n) is 14.9. The molecule has 0 atom stereocenters. The van der Waals surface area contributed by atoms with Gasteiger partial charge in [-0.25, -0.2) is 17.5 Å². The van der Waals surface area contributed by atoms with E-state index in [1.54, 1.807) is 0 Å². The molecule has 144 valence electrons. The zero-order valence-corrected chi connectivity index (χ0v) is 15.7. The lowest BCUT2D eigenvalue weighted by Crippen LogP contribution is -2.30. The number of ether oxygens (including phenoxy) is 2. The molecule has 1 N–H and O–H groups in total. The van der Waals surface area contributed by atoms with Crippen molar-refractivity contribution >= 4 is 27.9 Å². The predicted molar refractivity (Wildman–Crippen MR) is 91.9 cm³/mol. The van der Waals surface area contributed by atoms with Crippen LogP contribution < -0.4 is 5.32 Å². The van der Waals surface area contributed by atoms with Crippen molar-refractivity contribution in [2.24, 2.45) is 0 Å². The molecule has 1 aromatic rings. The lowest BCUT2D eigenvalue weighted by Gasteiger charge is -2.12. The van der Waals surface area contributed by atoms with E-state index in [0.717, 1.165) is 4.31 Å². The van der Waals surface area contributed by atoms with Crippen molar-refractivity contribution in [1.82, 2.24) is 9.62 Å². The van der Waals surface area contributed by atoms with Gasteiger partial charge in [-0.3, -0.25) is 9.59 Å². The number of esters is 2. The SMILES string of the molecule is COC(=O)CCCNC(=O)COC(=O)c1cccc(S(=O)(=O)N(C)C)c1. The number of sulfonamides is 1. The van der Waals surface area contributed by atoms with Gasteiger partial charge in [0.2, 0.25) is 10.0 Å². The molecule has 0 aliphatic rings. The fourth-order valence-electron chi connectivity index (χ4n) is 1.82. The normalized spacial score (nSPS) is 11.1. The van der Waals surface area contributed by atoms with E-state index >= 15 is 0 Å². The first-order valence-corrected chi connectivity index (χ1v) is 9.15. The molecule has 0 fully saturated rings. The molecule has 26 heavy (non-hydrogen) atoms. The Hall–Kier alpha value is -2.46. The summed E-state index contributed by atoms with van der Waals surface area (Å²) in [6.45, 7) is -0.274. The molecule has 0 heterocycles. The number of nitrogens with one attached hydrogen (secondary N) is 1. The van der Waals surface area contributed by atoms with Crippen molar-refractivity contribution in [3.05, 3.63) is 29.8 Å². The van der Waals surface area contributed by atoms with Crippen molar-refractivity contribution in [3.8, 4) is 0 Å². The average Bonchev–Trinajstić information content (AvgIpc) is 2.62. The lowest BCUT2D eigenvalue weighted by atomic mass is 10.2. The van der Waals surface area contributed by atoms with Gasteiger partial charge >= 0.3 is 11.9 Å². The van der Waals surface area contributed by atoms with Crippen LogP contribution in [0.15, 0.2) is 29.2 Å². The number of hydrogen-bond donors (Lipinski definition) is 1. The number of hydrogen-bond acceptors (Lipinski definition) is 7. The minimum absolute atomic E-state index is 0.0198. The lowest BCUT2D eigenvalue weighted by molar-refractivity contribution is -0.140. The molecule has 0 unspecified atom stereocenters. The average molecular weight is 386 g/mol. The van der Waals surface area contributed by atoms with Gasteiger partial charge in [-0.05, 0) is 24.6 Å². The van der Waals surface area contributed by atoms with E-state index < -0.39 is 28.5 Å². The van der Waals surface area contributed by atoms with Gasteiger partial charge in [0.25, 0.3) is 5.91 Å². The van der Waals surface area contributed by atoms with Crippen molar-refractivity contribution in [1.29, 1.82) is 0 Å². The minimum atomic E-state index is -3.68. The third-order valence-corrected chi connectivity index (χ3v) is 5.10. The van der Waals surface area contributed by atoms with Gasteiger partial charge in [-0.15, -0.1) is 0 Å². The van der Waals surface area contributed by atoms with E-state index in [1.807, 2.05) is 0 Å². The summed E-state index contributed by atoms with van der Waals surface area (Å²) in [6.07, 6.45) is 0.570. The first-order valence-electron chi connectivity index (χ1n) is 7.71. The van der Waals surface area contributed by atoms with Crippen LogP contribution in [0.5, 0.6) is 0 Å². The first kappa shape index (κ1) is 21.6. The predicted octanol–water partition coefficient (Wildman–Crippen LogP) is 0.163. The molecular formula is C16H22N2O7S. The number of nitrogens with zero attached hydrogens (tertiary/aromatic N) is 1. The van der Waals surface area contributed by atoms with E-state index in [9.17, 15) is 22.8 Å². The summed E-state index contributed by atoms with van der Waals surface area (Å²) in [5.41, 5.74) is 0.0198. The van der Waals surface area contributed by atoms with Crippen LogP contribution >= 0.6 is 0 Å². The highest BCUT2D eigenvalue weighted by molar-refractivity contribution is 7.89. The summed E-state index contributed by atoms with van der Waals surface area (Å²) >= 11 is 0. The van der Waals surface area contributed by atoms with Crippen molar-refractivity contribution < 1.29 is 32.3 Å². The third kappa shape index (κ3) is 6.45. The molecule has 0 aliphatic carbocycles.